The van der Waals surface area contributed by atoms with Crippen molar-refractivity contribution in [3.05, 3.63) is 97.6 Å². The minimum Gasteiger partial charge on any atom is -0.0676 e. The first-order valence-corrected chi connectivity index (χ1v) is 10.5. The average molecular weight is 369 g/mol. The Balaban J connectivity index is 2.03. The second kappa shape index (κ2) is 6.62. The van der Waals surface area contributed by atoms with E-state index in [1.54, 1.807) is 16.7 Å². The van der Waals surface area contributed by atoms with Crippen LogP contribution in [0.4, 0.5) is 0 Å². The van der Waals surface area contributed by atoms with E-state index in [1.165, 1.54) is 50.1 Å². The molecule has 0 fully saturated rings. The molecule has 2 aliphatic carbocycles. The second-order valence-corrected chi connectivity index (χ2v) is 8.85. The van der Waals surface area contributed by atoms with Gasteiger partial charge in [-0.25, -0.2) is 0 Å². The summed E-state index contributed by atoms with van der Waals surface area (Å²) < 4.78 is 0. The summed E-state index contributed by atoms with van der Waals surface area (Å²) in [4.78, 5) is 0. The maximum absolute atomic E-state index is 2.57. The van der Waals surface area contributed by atoms with E-state index in [2.05, 4.69) is 91.8 Å². The highest BCUT2D eigenvalue weighted by Gasteiger charge is 2.38. The molecule has 0 bridgehead atoms. The van der Waals surface area contributed by atoms with Crippen molar-refractivity contribution in [3.63, 3.8) is 0 Å². The molecule has 144 valence electrons. The third kappa shape index (κ3) is 2.50. The molecular weight excluding hydrogens is 336 g/mol. The predicted octanol–water partition coefficient (Wildman–Crippen LogP) is 7.75. The highest BCUT2D eigenvalue weighted by Crippen LogP contribution is 2.53. The van der Waals surface area contributed by atoms with Crippen molar-refractivity contribution in [2.24, 2.45) is 5.92 Å². The molecule has 0 aliphatic heterocycles. The van der Waals surface area contributed by atoms with Gasteiger partial charge in [0.25, 0.3) is 0 Å². The van der Waals surface area contributed by atoms with Crippen molar-refractivity contribution >= 4 is 5.57 Å². The maximum Gasteiger partial charge on any atom is 0.0139 e. The molecule has 0 heteroatoms. The van der Waals surface area contributed by atoms with Gasteiger partial charge in [-0.15, -0.1) is 0 Å². The third-order valence-corrected chi connectivity index (χ3v) is 7.81. The zero-order valence-corrected chi connectivity index (χ0v) is 18.6. The summed E-state index contributed by atoms with van der Waals surface area (Å²) in [5.41, 5.74) is 17.7. The highest BCUT2D eigenvalue weighted by molar-refractivity contribution is 5.89. The molecular formula is C28H32. The first-order chi connectivity index (χ1) is 13.3. The van der Waals surface area contributed by atoms with Crippen molar-refractivity contribution in [2.75, 3.05) is 0 Å². The van der Waals surface area contributed by atoms with Gasteiger partial charge in [-0.2, -0.15) is 0 Å². The van der Waals surface area contributed by atoms with E-state index in [-0.39, 0.29) is 0 Å². The minimum absolute atomic E-state index is 0.426. The molecule has 4 rings (SSSR count). The van der Waals surface area contributed by atoms with Crippen LogP contribution in [0.3, 0.4) is 0 Å². The third-order valence-electron chi connectivity index (χ3n) is 7.81. The second-order valence-electron chi connectivity index (χ2n) is 8.85. The van der Waals surface area contributed by atoms with E-state index in [9.17, 15) is 0 Å². The zero-order valence-electron chi connectivity index (χ0n) is 18.6. The lowest BCUT2D eigenvalue weighted by Crippen LogP contribution is -2.14. The van der Waals surface area contributed by atoms with Gasteiger partial charge in [0, 0.05) is 11.8 Å². The largest absolute Gasteiger partial charge is 0.0676 e. The quantitative estimate of drug-likeness (QED) is 0.508. The van der Waals surface area contributed by atoms with E-state index >= 15 is 0 Å². The average Bonchev–Trinajstić information content (AvgIpc) is 3.17. The molecule has 1 atom stereocenters. The zero-order chi connectivity index (χ0) is 20.3. The summed E-state index contributed by atoms with van der Waals surface area (Å²) in [6, 6.07) is 11.0. The van der Waals surface area contributed by atoms with Gasteiger partial charge in [-0.05, 0) is 111 Å². The molecule has 0 N–H and O–H groups in total. The number of hydrogen-bond donors (Lipinski definition) is 0. The van der Waals surface area contributed by atoms with Crippen LogP contribution < -0.4 is 0 Å². The van der Waals surface area contributed by atoms with Crippen LogP contribution in [-0.4, -0.2) is 0 Å². The summed E-state index contributed by atoms with van der Waals surface area (Å²) >= 11 is 0. The SMILES string of the molecule is CC1=C(C)C(C2C=C(c3ccccc3)c3c(C)c(C)c(C)c(C)c32)C(C)=C1C. The standard InChI is InChI=1S/C28H32/c1-15-16(2)20(6)26(19(15)5)25-14-24(23-12-10-9-11-13-23)27-21(7)17(3)18(4)22(8)28(25)27/h9-14,25-26H,1-8H3. The van der Waals surface area contributed by atoms with Crippen molar-refractivity contribution in [2.45, 2.75) is 61.3 Å². The van der Waals surface area contributed by atoms with E-state index in [4.69, 9.17) is 0 Å². The van der Waals surface area contributed by atoms with Gasteiger partial charge in [-0.1, -0.05) is 47.6 Å². The van der Waals surface area contributed by atoms with Gasteiger partial charge < -0.3 is 0 Å². The van der Waals surface area contributed by atoms with Gasteiger partial charge in [0.1, 0.15) is 0 Å². The fraction of sp³-hybridized carbons (Fsp3) is 0.357. The molecule has 2 aliphatic rings. The molecule has 0 amide bonds. The van der Waals surface area contributed by atoms with Crippen molar-refractivity contribution in [3.8, 4) is 0 Å². The summed E-state index contributed by atoms with van der Waals surface area (Å²) in [6.07, 6.45) is 2.57. The molecule has 0 aromatic heterocycles. The van der Waals surface area contributed by atoms with Crippen molar-refractivity contribution in [1.29, 1.82) is 0 Å². The van der Waals surface area contributed by atoms with Gasteiger partial charge in [0.05, 0.1) is 0 Å². The Morgan fingerprint density at radius 3 is 1.71 bits per heavy atom. The van der Waals surface area contributed by atoms with Crippen LogP contribution in [-0.2, 0) is 0 Å². The van der Waals surface area contributed by atoms with Crippen LogP contribution in [0, 0.1) is 33.6 Å². The van der Waals surface area contributed by atoms with Crippen LogP contribution >= 0.6 is 0 Å². The molecule has 0 heterocycles. The lowest BCUT2D eigenvalue weighted by atomic mass is 9.77. The van der Waals surface area contributed by atoms with E-state index in [0.717, 1.165) is 0 Å². The van der Waals surface area contributed by atoms with Gasteiger partial charge >= 0.3 is 0 Å². The van der Waals surface area contributed by atoms with E-state index in [1.807, 2.05) is 0 Å². The van der Waals surface area contributed by atoms with Gasteiger partial charge in [0.2, 0.25) is 0 Å². The molecule has 0 saturated carbocycles. The Morgan fingerprint density at radius 2 is 1.14 bits per heavy atom. The van der Waals surface area contributed by atoms with Crippen LogP contribution in [0.15, 0.2) is 58.7 Å². The van der Waals surface area contributed by atoms with E-state index < -0.39 is 0 Å². The lowest BCUT2D eigenvalue weighted by molar-refractivity contribution is 0.644. The molecule has 2 aromatic rings. The topological polar surface area (TPSA) is 0 Å². The Hall–Kier alpha value is -2.34. The predicted molar refractivity (Wildman–Crippen MR) is 122 cm³/mol. The van der Waals surface area contributed by atoms with Gasteiger partial charge in [-0.3, -0.25) is 0 Å². The molecule has 28 heavy (non-hydrogen) atoms. The number of fused-ring (bicyclic) bond motifs is 1. The molecule has 0 saturated heterocycles. The van der Waals surface area contributed by atoms with Crippen LogP contribution in [0.25, 0.3) is 5.57 Å². The summed E-state index contributed by atoms with van der Waals surface area (Å²) in [7, 11) is 0. The Labute approximate surface area is 170 Å². The smallest absolute Gasteiger partial charge is 0.0139 e. The summed E-state index contributed by atoms with van der Waals surface area (Å²) in [6.45, 7) is 18.5. The Bertz CT molecular complexity index is 1050. The fourth-order valence-corrected chi connectivity index (χ4v) is 5.49. The van der Waals surface area contributed by atoms with Crippen LogP contribution in [0.5, 0.6) is 0 Å². The lowest BCUT2D eigenvalue weighted by Gasteiger charge is -2.26. The number of allylic oxidation sites excluding steroid dienone is 5. The molecule has 0 nitrogen and oxygen atoms in total. The minimum atomic E-state index is 0.426. The first-order valence-electron chi connectivity index (χ1n) is 10.5. The van der Waals surface area contributed by atoms with E-state index in [0.29, 0.717) is 11.8 Å². The fourth-order valence-electron chi connectivity index (χ4n) is 5.49. The van der Waals surface area contributed by atoms with Gasteiger partial charge in [0.15, 0.2) is 0 Å². The first kappa shape index (κ1) is 19.0. The maximum atomic E-state index is 2.57. The Morgan fingerprint density at radius 1 is 0.607 bits per heavy atom. The number of benzene rings is 2. The normalized spacial score (nSPS) is 19.6. The molecule has 0 spiro atoms. The Kier molecular flexibility index (Phi) is 4.49. The summed E-state index contributed by atoms with van der Waals surface area (Å²) in [5, 5.41) is 0. The van der Waals surface area contributed by atoms with Crippen molar-refractivity contribution in [1.82, 2.24) is 0 Å². The molecule has 1 unspecified atom stereocenters. The monoisotopic (exact) mass is 368 g/mol. The highest BCUT2D eigenvalue weighted by atomic mass is 14.4. The van der Waals surface area contributed by atoms with Crippen molar-refractivity contribution < 1.29 is 0 Å². The molecule has 2 aromatic carbocycles. The van der Waals surface area contributed by atoms with Crippen LogP contribution in [0.1, 0.15) is 72.6 Å². The molecule has 0 radical (unpaired) electrons. The van der Waals surface area contributed by atoms with Crippen LogP contribution in [0.2, 0.25) is 0 Å². The number of rotatable bonds is 2. The summed E-state index contributed by atoms with van der Waals surface area (Å²) in [5.74, 6) is 0.913. The number of hydrogen-bond acceptors (Lipinski definition) is 0.